The number of thiazole rings is 1. The van der Waals surface area contributed by atoms with Crippen molar-refractivity contribution in [2.45, 2.75) is 25.9 Å². The smallest absolute Gasteiger partial charge is 0.275 e. The number of carbonyl (C=O) groups excluding carboxylic acids is 1. The number of aliphatic hydroxyl groups is 1. The largest absolute Gasteiger partial charge is 0.393 e. The van der Waals surface area contributed by atoms with E-state index in [1.807, 2.05) is 11.9 Å². The van der Waals surface area contributed by atoms with E-state index in [4.69, 9.17) is 0 Å². The van der Waals surface area contributed by atoms with Crippen LogP contribution in [-0.4, -0.2) is 60.2 Å². The van der Waals surface area contributed by atoms with Crippen LogP contribution >= 0.6 is 11.3 Å². The zero-order chi connectivity index (χ0) is 20.5. The average Bonchev–Trinajstić information content (AvgIpc) is 3.35. The Labute approximate surface area is 171 Å². The molecule has 0 bridgehead atoms. The Bertz CT molecular complexity index is 707. The van der Waals surface area contributed by atoms with Crippen LogP contribution in [0.4, 0.5) is 5.13 Å². The van der Waals surface area contributed by atoms with E-state index in [0.29, 0.717) is 36.0 Å². The van der Waals surface area contributed by atoms with Crippen molar-refractivity contribution >= 4 is 22.4 Å². The minimum absolute atomic E-state index is 0.287. The second kappa shape index (κ2) is 11.0. The number of aliphatic hydroxyl groups excluding tert-OH is 1. The van der Waals surface area contributed by atoms with E-state index in [-0.39, 0.29) is 5.91 Å². The summed E-state index contributed by atoms with van der Waals surface area (Å²) in [6.07, 6.45) is 4.69. The zero-order valence-electron chi connectivity index (χ0n) is 16.7. The Hall–Kier alpha value is -2.16. The van der Waals surface area contributed by atoms with Crippen molar-refractivity contribution in [1.82, 2.24) is 20.5 Å². The van der Waals surface area contributed by atoms with Crippen LogP contribution in [0.3, 0.4) is 0 Å². The number of nitrogens with one attached hydrogen (secondary N) is 3. The summed E-state index contributed by atoms with van der Waals surface area (Å²) in [5, 5.41) is 21.5. The van der Waals surface area contributed by atoms with Crippen molar-refractivity contribution in [3.8, 4) is 0 Å². The number of rotatable bonds is 11. The molecule has 0 aliphatic carbocycles. The van der Waals surface area contributed by atoms with Gasteiger partial charge >= 0.3 is 0 Å². The van der Waals surface area contributed by atoms with Crippen molar-refractivity contribution in [2.75, 3.05) is 38.5 Å². The number of likely N-dealkylation sites (N-methyl/N-ethyl adjacent to an activating group) is 1. The molecule has 0 saturated carbocycles. The van der Waals surface area contributed by atoms with Gasteiger partial charge in [0.1, 0.15) is 5.69 Å². The Morgan fingerprint density at radius 1 is 1.61 bits per heavy atom. The summed E-state index contributed by atoms with van der Waals surface area (Å²) in [5.74, 6) is 0.314. The molecule has 1 fully saturated rings. The van der Waals surface area contributed by atoms with E-state index in [1.54, 1.807) is 24.5 Å². The Kier molecular flexibility index (Phi) is 8.69. The van der Waals surface area contributed by atoms with Crippen LogP contribution in [0, 0.1) is 5.92 Å². The van der Waals surface area contributed by atoms with Gasteiger partial charge in [-0.05, 0) is 44.8 Å². The number of nitrogens with zero attached hydrogens (tertiary/aromatic N) is 2. The molecule has 2 rings (SSSR count). The molecular formula is C20H31N5O2S. The first-order chi connectivity index (χ1) is 13.4. The lowest BCUT2D eigenvalue weighted by molar-refractivity contribution is 0.0960. The third kappa shape index (κ3) is 6.78. The first-order valence-electron chi connectivity index (χ1n) is 9.53. The first-order valence-corrected chi connectivity index (χ1v) is 10.4. The zero-order valence-corrected chi connectivity index (χ0v) is 17.5. The predicted molar refractivity (Wildman–Crippen MR) is 115 cm³/mol. The topological polar surface area (TPSA) is 89.5 Å². The van der Waals surface area contributed by atoms with E-state index in [9.17, 15) is 9.90 Å². The van der Waals surface area contributed by atoms with Crippen LogP contribution in [0.15, 0.2) is 42.1 Å². The van der Waals surface area contributed by atoms with Gasteiger partial charge in [0, 0.05) is 25.5 Å². The maximum absolute atomic E-state index is 12.6. The molecular weight excluding hydrogens is 374 g/mol. The SMILES string of the molecule is C=C/C=C(/NC(=O)c1csc(NCC2CCNC2)n1)C(=C)N(C)CCC(C)O. The molecule has 2 heterocycles. The summed E-state index contributed by atoms with van der Waals surface area (Å²) >= 11 is 1.42. The van der Waals surface area contributed by atoms with Crippen LogP contribution in [0.2, 0.25) is 0 Å². The fourth-order valence-electron chi connectivity index (χ4n) is 2.81. The fraction of sp³-hybridized carbons (Fsp3) is 0.500. The first kappa shape index (κ1) is 22.1. The summed E-state index contributed by atoms with van der Waals surface area (Å²) in [7, 11) is 1.87. The highest BCUT2D eigenvalue weighted by Gasteiger charge is 2.17. The van der Waals surface area contributed by atoms with E-state index < -0.39 is 6.10 Å². The molecule has 2 atom stereocenters. The van der Waals surface area contributed by atoms with Gasteiger partial charge in [0.15, 0.2) is 5.13 Å². The second-order valence-electron chi connectivity index (χ2n) is 7.05. The lowest BCUT2D eigenvalue weighted by Gasteiger charge is -2.24. The van der Waals surface area contributed by atoms with Crippen LogP contribution in [0.25, 0.3) is 0 Å². The van der Waals surface area contributed by atoms with Gasteiger partial charge in [0.05, 0.1) is 17.5 Å². The van der Waals surface area contributed by atoms with Gasteiger partial charge in [0.25, 0.3) is 5.91 Å². The number of carbonyl (C=O) groups is 1. The number of allylic oxidation sites excluding steroid dienone is 2. The highest BCUT2D eigenvalue weighted by atomic mass is 32.1. The highest BCUT2D eigenvalue weighted by molar-refractivity contribution is 7.13. The molecule has 1 aliphatic rings. The van der Waals surface area contributed by atoms with Crippen molar-refractivity contribution in [3.05, 3.63) is 47.8 Å². The average molecular weight is 406 g/mol. The van der Waals surface area contributed by atoms with Crippen molar-refractivity contribution in [3.63, 3.8) is 0 Å². The van der Waals surface area contributed by atoms with Gasteiger partial charge in [-0.3, -0.25) is 4.79 Å². The Morgan fingerprint density at radius 3 is 3.04 bits per heavy atom. The van der Waals surface area contributed by atoms with Crippen LogP contribution < -0.4 is 16.0 Å². The van der Waals surface area contributed by atoms with E-state index >= 15 is 0 Å². The molecule has 0 aromatic carbocycles. The van der Waals surface area contributed by atoms with Gasteiger partial charge in [-0.25, -0.2) is 4.98 Å². The van der Waals surface area contributed by atoms with Crippen molar-refractivity contribution in [2.24, 2.45) is 5.92 Å². The number of amides is 1. The maximum atomic E-state index is 12.6. The van der Waals surface area contributed by atoms with Gasteiger partial charge in [-0.15, -0.1) is 11.3 Å². The van der Waals surface area contributed by atoms with Crippen LogP contribution in [-0.2, 0) is 0 Å². The minimum Gasteiger partial charge on any atom is -0.393 e. The number of anilines is 1. The summed E-state index contributed by atoms with van der Waals surface area (Å²) in [5.41, 5.74) is 1.58. The molecule has 1 aromatic heterocycles. The highest BCUT2D eigenvalue weighted by Crippen LogP contribution is 2.18. The van der Waals surface area contributed by atoms with Crippen molar-refractivity contribution < 1.29 is 9.90 Å². The monoisotopic (exact) mass is 405 g/mol. The predicted octanol–water partition coefficient (Wildman–Crippen LogP) is 2.18. The molecule has 1 aliphatic heterocycles. The molecule has 1 saturated heterocycles. The van der Waals surface area contributed by atoms with Crippen LogP contribution in [0.1, 0.15) is 30.3 Å². The molecule has 2 unspecified atom stereocenters. The molecule has 1 aromatic rings. The van der Waals surface area contributed by atoms with Crippen LogP contribution in [0.5, 0.6) is 0 Å². The normalized spacial score (nSPS) is 17.8. The molecule has 0 radical (unpaired) electrons. The van der Waals surface area contributed by atoms with E-state index in [1.165, 1.54) is 11.3 Å². The van der Waals surface area contributed by atoms with E-state index in [2.05, 4.69) is 34.1 Å². The standard InChI is InChI=1S/C20H31N5O2S/c1-5-6-17(15(3)25(4)10-8-14(2)26)23-19(27)18-13-28-20(24-18)22-12-16-7-9-21-11-16/h5-6,13-14,16,21,26H,1,3,7-12H2,2,4H3,(H,22,24)(H,23,27)/b17-6+. The van der Waals surface area contributed by atoms with Gasteiger partial charge in [-0.1, -0.05) is 19.2 Å². The van der Waals surface area contributed by atoms with Crippen molar-refractivity contribution in [1.29, 1.82) is 0 Å². The Morgan fingerprint density at radius 2 is 2.39 bits per heavy atom. The van der Waals surface area contributed by atoms with Gasteiger partial charge < -0.3 is 26.0 Å². The molecule has 28 heavy (non-hydrogen) atoms. The third-order valence-corrected chi connectivity index (χ3v) is 5.43. The molecule has 1 amide bonds. The molecule has 4 N–H and O–H groups in total. The van der Waals surface area contributed by atoms with Gasteiger partial charge in [-0.2, -0.15) is 0 Å². The maximum Gasteiger partial charge on any atom is 0.275 e. The summed E-state index contributed by atoms with van der Waals surface area (Å²) in [6.45, 7) is 13.1. The summed E-state index contributed by atoms with van der Waals surface area (Å²) in [6, 6.07) is 0. The molecule has 154 valence electrons. The number of hydrogen-bond acceptors (Lipinski definition) is 7. The number of aromatic nitrogens is 1. The molecule has 8 heteroatoms. The van der Waals surface area contributed by atoms with Gasteiger partial charge in [0.2, 0.25) is 0 Å². The quantitative estimate of drug-likeness (QED) is 0.422. The fourth-order valence-corrected chi connectivity index (χ4v) is 3.52. The lowest BCUT2D eigenvalue weighted by Crippen LogP contribution is -2.30. The second-order valence-corrected chi connectivity index (χ2v) is 7.91. The minimum atomic E-state index is -0.391. The molecule has 0 spiro atoms. The summed E-state index contributed by atoms with van der Waals surface area (Å²) in [4.78, 5) is 18.9. The lowest BCUT2D eigenvalue weighted by atomic mass is 10.1. The third-order valence-electron chi connectivity index (χ3n) is 4.63. The number of hydrogen-bond donors (Lipinski definition) is 4. The Balaban J connectivity index is 1.93. The summed E-state index contributed by atoms with van der Waals surface area (Å²) < 4.78 is 0. The molecule has 7 nitrogen and oxygen atoms in total. The van der Waals surface area contributed by atoms with E-state index in [0.717, 1.165) is 31.2 Å².